The summed E-state index contributed by atoms with van der Waals surface area (Å²) in [7, 11) is -4.35. The molecule has 2 heterocycles. The van der Waals surface area contributed by atoms with Crippen molar-refractivity contribution in [3.63, 3.8) is 0 Å². The van der Waals surface area contributed by atoms with Crippen LogP contribution >= 0.6 is 0 Å². The van der Waals surface area contributed by atoms with Gasteiger partial charge in [0.1, 0.15) is 16.6 Å². The molecule has 1 unspecified atom stereocenters. The quantitative estimate of drug-likeness (QED) is 0.894. The molecule has 10 heteroatoms. The van der Waals surface area contributed by atoms with Crippen molar-refractivity contribution in [1.82, 2.24) is 9.29 Å². The van der Waals surface area contributed by atoms with Crippen LogP contribution < -0.4 is 0 Å². The molecular weight excluding hydrogens is 313 g/mol. The summed E-state index contributed by atoms with van der Waals surface area (Å²) in [5.41, 5.74) is 0. The molecule has 116 valence electrons. The number of piperidine rings is 1. The summed E-state index contributed by atoms with van der Waals surface area (Å²) >= 11 is 0. The molecule has 1 atom stereocenters. The van der Waals surface area contributed by atoms with Gasteiger partial charge in [-0.2, -0.15) is 4.31 Å². The second kappa shape index (κ2) is 5.26. The Hall–Kier alpha value is -1.68. The lowest BCUT2D eigenvalue weighted by Gasteiger charge is -2.35. The Bertz CT molecular complexity index is 665. The smallest absolute Gasteiger partial charge is 0.312 e. The summed E-state index contributed by atoms with van der Waals surface area (Å²) in [6.45, 7) is -1.64. The summed E-state index contributed by atoms with van der Waals surface area (Å²) in [4.78, 5) is 13.5. The number of alkyl halides is 2. The van der Waals surface area contributed by atoms with Crippen molar-refractivity contribution in [2.45, 2.75) is 17.2 Å². The van der Waals surface area contributed by atoms with Crippen molar-refractivity contribution in [2.75, 3.05) is 13.1 Å². The monoisotopic (exact) mass is 324 g/mol. The standard InChI is InChI=1S/C11H11F3N2O4S/c12-7-3-8(5-15-4-7)21(19,20)16-2-1-9(10(17)18)11(13,14)6-16/h3-5,9H,1-2,6H2,(H,17,18). The number of carboxylic acid groups (broad SMARTS) is 1. The van der Waals surface area contributed by atoms with Crippen molar-refractivity contribution >= 4 is 16.0 Å². The van der Waals surface area contributed by atoms with Crippen molar-refractivity contribution in [1.29, 1.82) is 0 Å². The van der Waals surface area contributed by atoms with Crippen LogP contribution in [-0.4, -0.2) is 47.8 Å². The number of rotatable bonds is 3. The van der Waals surface area contributed by atoms with Crippen molar-refractivity contribution in [3.05, 3.63) is 24.3 Å². The van der Waals surface area contributed by atoms with Crippen LogP contribution in [0.15, 0.2) is 23.4 Å². The minimum Gasteiger partial charge on any atom is -0.481 e. The molecule has 0 bridgehead atoms. The molecule has 0 aromatic carbocycles. The molecule has 1 aromatic heterocycles. The van der Waals surface area contributed by atoms with E-state index in [0.29, 0.717) is 10.4 Å². The molecule has 1 aliphatic heterocycles. The number of carbonyl (C=O) groups is 1. The number of sulfonamides is 1. The van der Waals surface area contributed by atoms with Gasteiger partial charge < -0.3 is 5.11 Å². The number of halogens is 3. The van der Waals surface area contributed by atoms with Gasteiger partial charge in [0.2, 0.25) is 10.0 Å². The minimum atomic E-state index is -4.35. The molecule has 1 fully saturated rings. The molecule has 1 saturated heterocycles. The van der Waals surface area contributed by atoms with Gasteiger partial charge in [-0.05, 0) is 12.5 Å². The maximum absolute atomic E-state index is 13.7. The van der Waals surface area contributed by atoms with Gasteiger partial charge in [-0.1, -0.05) is 0 Å². The molecule has 21 heavy (non-hydrogen) atoms. The first-order chi connectivity index (χ1) is 9.64. The number of hydrogen-bond donors (Lipinski definition) is 1. The van der Waals surface area contributed by atoms with Gasteiger partial charge in [0.25, 0.3) is 5.92 Å². The fourth-order valence-corrected chi connectivity index (χ4v) is 3.54. The number of pyridine rings is 1. The van der Waals surface area contributed by atoms with Crippen molar-refractivity contribution in [2.24, 2.45) is 5.92 Å². The molecule has 1 aromatic rings. The SMILES string of the molecule is O=C(O)C1CCN(S(=O)(=O)c2cncc(F)c2)CC1(F)F. The number of aliphatic carboxylic acids is 1. The van der Waals surface area contributed by atoms with Crippen molar-refractivity contribution < 1.29 is 31.5 Å². The number of hydrogen-bond acceptors (Lipinski definition) is 4. The van der Waals surface area contributed by atoms with Crippen LogP contribution in [0, 0.1) is 11.7 Å². The first-order valence-corrected chi connectivity index (χ1v) is 7.30. The van der Waals surface area contributed by atoms with E-state index in [1.54, 1.807) is 0 Å². The first-order valence-electron chi connectivity index (χ1n) is 5.86. The predicted molar refractivity (Wildman–Crippen MR) is 63.6 cm³/mol. The highest BCUT2D eigenvalue weighted by Crippen LogP contribution is 2.35. The fourth-order valence-electron chi connectivity index (χ4n) is 2.10. The lowest BCUT2D eigenvalue weighted by molar-refractivity contribution is -0.163. The Kier molecular flexibility index (Phi) is 3.93. The first kappa shape index (κ1) is 15.7. The third kappa shape index (κ3) is 3.00. The van der Waals surface area contributed by atoms with Gasteiger partial charge in [-0.25, -0.2) is 21.6 Å². The van der Waals surface area contributed by atoms with E-state index in [1.807, 2.05) is 0 Å². The average molecular weight is 324 g/mol. The second-order valence-electron chi connectivity index (χ2n) is 4.62. The molecule has 0 radical (unpaired) electrons. The molecule has 0 spiro atoms. The van der Waals surface area contributed by atoms with Gasteiger partial charge in [-0.3, -0.25) is 9.78 Å². The topological polar surface area (TPSA) is 87.6 Å². The highest BCUT2D eigenvalue weighted by molar-refractivity contribution is 7.89. The van der Waals surface area contributed by atoms with E-state index in [0.717, 1.165) is 12.4 Å². The van der Waals surface area contributed by atoms with Gasteiger partial charge in [0, 0.05) is 12.7 Å². The van der Waals surface area contributed by atoms with Crippen LogP contribution in [0.1, 0.15) is 6.42 Å². The zero-order valence-electron chi connectivity index (χ0n) is 10.5. The molecule has 2 rings (SSSR count). The largest absolute Gasteiger partial charge is 0.481 e. The molecular formula is C11H11F3N2O4S. The maximum Gasteiger partial charge on any atom is 0.312 e. The van der Waals surface area contributed by atoms with E-state index in [2.05, 4.69) is 4.98 Å². The third-order valence-corrected chi connectivity index (χ3v) is 4.99. The molecule has 0 saturated carbocycles. The van der Waals surface area contributed by atoms with E-state index in [-0.39, 0.29) is 6.54 Å². The summed E-state index contributed by atoms with van der Waals surface area (Å²) in [6.07, 6.45) is 1.11. The number of carboxylic acids is 1. The molecule has 0 aliphatic carbocycles. The Morgan fingerprint density at radius 2 is 2.10 bits per heavy atom. The Labute approximate surface area is 118 Å². The van der Waals surface area contributed by atoms with Crippen LogP contribution in [0.25, 0.3) is 0 Å². The van der Waals surface area contributed by atoms with Crippen LogP contribution in [0.5, 0.6) is 0 Å². The lowest BCUT2D eigenvalue weighted by atomic mass is 9.94. The van der Waals surface area contributed by atoms with Crippen LogP contribution in [0.2, 0.25) is 0 Å². The normalized spacial score (nSPS) is 22.9. The number of aromatic nitrogens is 1. The van der Waals surface area contributed by atoms with E-state index in [4.69, 9.17) is 5.11 Å². The highest BCUT2D eigenvalue weighted by Gasteiger charge is 2.51. The molecule has 1 aliphatic rings. The summed E-state index contributed by atoms with van der Waals surface area (Å²) < 4.78 is 65.2. The molecule has 1 N–H and O–H groups in total. The van der Waals surface area contributed by atoms with Gasteiger partial charge in [-0.15, -0.1) is 0 Å². The van der Waals surface area contributed by atoms with Crippen LogP contribution in [0.4, 0.5) is 13.2 Å². The highest BCUT2D eigenvalue weighted by atomic mass is 32.2. The van der Waals surface area contributed by atoms with Gasteiger partial charge in [0.15, 0.2) is 0 Å². The Balaban J connectivity index is 2.30. The Morgan fingerprint density at radius 3 is 2.62 bits per heavy atom. The van der Waals surface area contributed by atoms with Crippen molar-refractivity contribution in [3.8, 4) is 0 Å². The molecule has 6 nitrogen and oxygen atoms in total. The van der Waals surface area contributed by atoms with Crippen LogP contribution in [0.3, 0.4) is 0 Å². The summed E-state index contributed by atoms with van der Waals surface area (Å²) in [5.74, 6) is -8.22. The third-order valence-electron chi connectivity index (χ3n) is 3.18. The molecule has 0 amide bonds. The number of nitrogens with zero attached hydrogens (tertiary/aromatic N) is 2. The fraction of sp³-hybridized carbons (Fsp3) is 0.455. The zero-order chi connectivity index (χ0) is 15.8. The summed E-state index contributed by atoms with van der Waals surface area (Å²) in [5, 5.41) is 8.71. The van der Waals surface area contributed by atoms with Gasteiger partial charge in [0.05, 0.1) is 12.7 Å². The average Bonchev–Trinajstić information content (AvgIpc) is 2.36. The zero-order valence-corrected chi connectivity index (χ0v) is 11.4. The van der Waals surface area contributed by atoms with E-state index in [1.165, 1.54) is 0 Å². The lowest BCUT2D eigenvalue weighted by Crippen LogP contribution is -2.52. The maximum atomic E-state index is 13.7. The Morgan fingerprint density at radius 1 is 1.43 bits per heavy atom. The van der Waals surface area contributed by atoms with E-state index >= 15 is 0 Å². The van der Waals surface area contributed by atoms with E-state index < -0.39 is 51.5 Å². The van der Waals surface area contributed by atoms with E-state index in [9.17, 15) is 26.4 Å². The second-order valence-corrected chi connectivity index (χ2v) is 6.56. The van der Waals surface area contributed by atoms with Gasteiger partial charge >= 0.3 is 5.97 Å². The predicted octanol–water partition coefficient (Wildman–Crippen LogP) is 0.951. The minimum absolute atomic E-state index is 0.384. The summed E-state index contributed by atoms with van der Waals surface area (Å²) in [6, 6.07) is 0.670. The van der Waals surface area contributed by atoms with Crippen LogP contribution in [-0.2, 0) is 14.8 Å².